The molecule has 40 heavy (non-hydrogen) atoms. The lowest BCUT2D eigenvalue weighted by Gasteiger charge is -2.28. The summed E-state index contributed by atoms with van der Waals surface area (Å²) in [4.78, 5) is 59.7. The van der Waals surface area contributed by atoms with Crippen LogP contribution in [0.1, 0.15) is 59.4 Å². The second-order valence-corrected chi connectivity index (χ2v) is 11.0. The second kappa shape index (κ2) is 11.7. The van der Waals surface area contributed by atoms with Gasteiger partial charge in [-0.1, -0.05) is 11.6 Å². The third-order valence-electron chi connectivity index (χ3n) is 7.64. The molecule has 1 aromatic carbocycles. The predicted octanol–water partition coefficient (Wildman–Crippen LogP) is 4.80. The van der Waals surface area contributed by atoms with Gasteiger partial charge in [-0.05, 0) is 68.9 Å². The molecule has 0 radical (unpaired) electrons. The minimum Gasteiger partial charge on any atom is -0.449 e. The number of benzene rings is 1. The molecule has 10 nitrogen and oxygen atoms in total. The number of nitrogens with one attached hydrogen (secondary N) is 2. The first-order chi connectivity index (χ1) is 19.2. The van der Waals surface area contributed by atoms with Gasteiger partial charge in [0.15, 0.2) is 0 Å². The van der Waals surface area contributed by atoms with Gasteiger partial charge in [0, 0.05) is 56.2 Å². The van der Waals surface area contributed by atoms with Crippen LogP contribution in [0.2, 0.25) is 5.02 Å². The summed E-state index contributed by atoms with van der Waals surface area (Å²) in [7, 11) is 3.47. The monoisotopic (exact) mass is 565 g/mol. The Hall–Kier alpha value is -3.92. The van der Waals surface area contributed by atoms with E-state index in [0.29, 0.717) is 60.3 Å². The lowest BCUT2D eigenvalue weighted by atomic mass is 9.81. The molecular weight excluding hydrogens is 534 g/mol. The highest BCUT2D eigenvalue weighted by Crippen LogP contribution is 2.35. The van der Waals surface area contributed by atoms with Crippen molar-refractivity contribution in [2.45, 2.75) is 38.5 Å². The molecule has 1 aliphatic heterocycles. The van der Waals surface area contributed by atoms with Crippen LogP contribution in [0.4, 0.5) is 11.5 Å². The van der Waals surface area contributed by atoms with E-state index in [1.165, 1.54) is 6.20 Å². The van der Waals surface area contributed by atoms with Gasteiger partial charge in [0.25, 0.3) is 11.8 Å². The second-order valence-electron chi connectivity index (χ2n) is 10.6. The topological polar surface area (TPSA) is 125 Å². The van der Waals surface area contributed by atoms with Crippen molar-refractivity contribution in [2.75, 3.05) is 37.8 Å². The van der Waals surface area contributed by atoms with Crippen molar-refractivity contribution in [3.63, 3.8) is 0 Å². The Morgan fingerprint density at radius 1 is 0.975 bits per heavy atom. The number of anilines is 2. The smallest absolute Gasteiger partial charge is 0.294 e. The highest BCUT2D eigenvalue weighted by atomic mass is 35.5. The number of carbonyl (C=O) groups excluding carboxylic acids is 4. The van der Waals surface area contributed by atoms with Gasteiger partial charge in [-0.15, -0.1) is 0 Å². The summed E-state index contributed by atoms with van der Waals surface area (Å²) < 4.78 is 5.92. The van der Waals surface area contributed by atoms with Gasteiger partial charge in [0.2, 0.25) is 17.6 Å². The van der Waals surface area contributed by atoms with Crippen molar-refractivity contribution in [2.24, 2.45) is 11.8 Å². The van der Waals surface area contributed by atoms with Gasteiger partial charge in [-0.2, -0.15) is 0 Å². The molecule has 11 heteroatoms. The maximum absolute atomic E-state index is 13.4. The largest absolute Gasteiger partial charge is 0.449 e. The van der Waals surface area contributed by atoms with Crippen LogP contribution in [0.25, 0.3) is 11.0 Å². The summed E-state index contributed by atoms with van der Waals surface area (Å²) in [6.45, 7) is 1.40. The fraction of sp³-hybridized carbons (Fsp3) is 0.414. The van der Waals surface area contributed by atoms with Crippen LogP contribution in [0.5, 0.6) is 0 Å². The zero-order chi connectivity index (χ0) is 28.4. The third kappa shape index (κ3) is 5.82. The van der Waals surface area contributed by atoms with Crippen LogP contribution in [0.3, 0.4) is 0 Å². The number of hydrogen-bond acceptors (Lipinski definition) is 6. The predicted molar refractivity (Wildman–Crippen MR) is 151 cm³/mol. The average molecular weight is 566 g/mol. The van der Waals surface area contributed by atoms with Crippen LogP contribution >= 0.6 is 11.6 Å². The zero-order valence-corrected chi connectivity index (χ0v) is 23.3. The van der Waals surface area contributed by atoms with Gasteiger partial charge >= 0.3 is 0 Å². The normalized spacial score (nSPS) is 18.9. The van der Waals surface area contributed by atoms with Crippen LogP contribution in [0, 0.1) is 11.8 Å². The molecule has 0 bridgehead atoms. The highest BCUT2D eigenvalue weighted by Gasteiger charge is 2.32. The Morgan fingerprint density at radius 2 is 1.68 bits per heavy atom. The van der Waals surface area contributed by atoms with Gasteiger partial charge in [0.05, 0.1) is 5.02 Å². The van der Waals surface area contributed by atoms with Gasteiger partial charge in [0.1, 0.15) is 17.1 Å². The number of furan rings is 1. The lowest BCUT2D eigenvalue weighted by Crippen LogP contribution is -2.35. The van der Waals surface area contributed by atoms with Crippen molar-refractivity contribution in [3.8, 4) is 0 Å². The van der Waals surface area contributed by atoms with Gasteiger partial charge in [-0.25, -0.2) is 4.98 Å². The Balaban J connectivity index is 1.43. The summed E-state index contributed by atoms with van der Waals surface area (Å²) >= 11 is 5.91. The van der Waals surface area contributed by atoms with E-state index >= 15 is 0 Å². The Bertz CT molecular complexity index is 1440. The fourth-order valence-corrected chi connectivity index (χ4v) is 5.55. The number of carbonyl (C=O) groups is 4. The van der Waals surface area contributed by atoms with E-state index in [-0.39, 0.29) is 46.8 Å². The van der Waals surface area contributed by atoms with Crippen LogP contribution in [-0.4, -0.2) is 65.6 Å². The molecule has 2 aliphatic rings. The number of pyridine rings is 1. The minimum absolute atomic E-state index is 0.0738. The van der Waals surface area contributed by atoms with Crippen LogP contribution in [0.15, 0.2) is 40.9 Å². The van der Waals surface area contributed by atoms with E-state index in [1.54, 1.807) is 54.2 Å². The average Bonchev–Trinajstić information content (AvgIpc) is 3.62. The first-order valence-electron chi connectivity index (χ1n) is 13.5. The van der Waals surface area contributed by atoms with E-state index in [9.17, 15) is 19.2 Å². The molecular formula is C29H32ClN5O5. The molecule has 1 aliphatic carbocycles. The number of rotatable bonds is 6. The van der Waals surface area contributed by atoms with E-state index < -0.39 is 5.91 Å². The summed E-state index contributed by atoms with van der Waals surface area (Å²) in [5.41, 5.74) is 1.02. The molecule has 5 rings (SSSR count). The molecule has 3 heterocycles. The standard InChI is InChI=1S/C29H32ClN5O5/c1-34(2)28(38)18-7-5-17(6-8-18)26(36)33-24-21-15-19(29(39)35-13-3-4-14-35)9-11-22(21)40-25(24)27(37)32-23-12-10-20(30)16-31-23/h9-12,15-18H,3-8,13-14H2,1-2H3,(H,33,36)(H,31,32,37). The molecule has 0 unspecified atom stereocenters. The van der Waals surface area contributed by atoms with E-state index in [4.69, 9.17) is 16.0 Å². The number of hydrogen-bond donors (Lipinski definition) is 2. The number of halogens is 1. The molecule has 0 atom stereocenters. The first-order valence-corrected chi connectivity index (χ1v) is 13.9. The molecule has 3 aromatic rings. The molecule has 1 saturated carbocycles. The van der Waals surface area contributed by atoms with Crippen molar-refractivity contribution >= 4 is 57.7 Å². The van der Waals surface area contributed by atoms with Gasteiger partial charge in [-0.3, -0.25) is 19.2 Å². The highest BCUT2D eigenvalue weighted by molar-refractivity contribution is 6.30. The number of aromatic nitrogens is 1. The SMILES string of the molecule is CN(C)C(=O)C1CCC(C(=O)Nc2c(C(=O)Nc3ccc(Cl)cn3)oc3ccc(C(=O)N4CCCC4)cc23)CC1. The molecule has 2 aromatic heterocycles. The quantitative estimate of drug-likeness (QED) is 0.442. The van der Waals surface area contributed by atoms with E-state index in [1.807, 2.05) is 0 Å². The van der Waals surface area contributed by atoms with Crippen molar-refractivity contribution in [1.29, 1.82) is 0 Å². The summed E-state index contributed by atoms with van der Waals surface area (Å²) in [5.74, 6) is -1.13. The van der Waals surface area contributed by atoms with Crippen LogP contribution in [-0.2, 0) is 9.59 Å². The molecule has 4 amide bonds. The molecule has 210 valence electrons. The molecule has 2 fully saturated rings. The summed E-state index contributed by atoms with van der Waals surface area (Å²) in [6.07, 6.45) is 5.68. The molecule has 2 N–H and O–H groups in total. The Morgan fingerprint density at radius 3 is 2.33 bits per heavy atom. The number of amides is 4. The lowest BCUT2D eigenvalue weighted by molar-refractivity contribution is -0.135. The van der Waals surface area contributed by atoms with Gasteiger partial charge < -0.3 is 24.9 Å². The number of likely N-dealkylation sites (tertiary alicyclic amines) is 1. The summed E-state index contributed by atoms with van der Waals surface area (Å²) in [5, 5.41) is 6.49. The third-order valence-corrected chi connectivity index (χ3v) is 7.86. The maximum atomic E-state index is 13.4. The number of nitrogens with zero attached hydrogens (tertiary/aromatic N) is 3. The Kier molecular flexibility index (Phi) is 8.07. The fourth-order valence-electron chi connectivity index (χ4n) is 5.43. The molecule has 1 saturated heterocycles. The summed E-state index contributed by atoms with van der Waals surface area (Å²) in [6, 6.07) is 8.13. The minimum atomic E-state index is -0.603. The maximum Gasteiger partial charge on any atom is 0.294 e. The van der Waals surface area contributed by atoms with Crippen molar-refractivity contribution < 1.29 is 23.6 Å². The zero-order valence-electron chi connectivity index (χ0n) is 22.5. The first kappa shape index (κ1) is 27.6. The van der Waals surface area contributed by atoms with Crippen LogP contribution < -0.4 is 10.6 Å². The van der Waals surface area contributed by atoms with Crippen molar-refractivity contribution in [1.82, 2.24) is 14.8 Å². The number of fused-ring (bicyclic) bond motifs is 1. The Labute approximate surface area is 237 Å². The molecule has 0 spiro atoms. The van der Waals surface area contributed by atoms with Crippen molar-refractivity contribution in [3.05, 3.63) is 52.9 Å². The van der Waals surface area contributed by atoms with E-state index in [2.05, 4.69) is 15.6 Å². The van der Waals surface area contributed by atoms with E-state index in [0.717, 1.165) is 12.8 Å².